The molecule has 0 radical (unpaired) electrons. The Kier molecular flexibility index (Phi) is 5.35. The Morgan fingerprint density at radius 3 is 2.36 bits per heavy atom. The monoisotopic (exact) mass is 395 g/mol. The summed E-state index contributed by atoms with van der Waals surface area (Å²) in [6, 6.07) is 18.2. The molecule has 2 aromatic carbocycles. The highest BCUT2D eigenvalue weighted by Gasteiger charge is 2.20. The average Bonchev–Trinajstić information content (AvgIpc) is 3.33. The Balaban J connectivity index is 1.72. The number of aromatic nitrogens is 2. The predicted molar refractivity (Wildman–Crippen MR) is 111 cm³/mol. The lowest BCUT2D eigenvalue weighted by molar-refractivity contribution is -0.136. The summed E-state index contributed by atoms with van der Waals surface area (Å²) < 4.78 is 1.91. The number of nitrogens with zero attached hydrogens (tertiary/aromatic N) is 3. The van der Waals surface area contributed by atoms with Gasteiger partial charge in [-0.3, -0.25) is 4.79 Å². The van der Waals surface area contributed by atoms with Gasteiger partial charge in [0, 0.05) is 30.9 Å². The van der Waals surface area contributed by atoms with E-state index in [2.05, 4.69) is 22.0 Å². The smallest absolute Gasteiger partial charge is 0.309 e. The van der Waals surface area contributed by atoms with E-state index in [9.17, 15) is 9.90 Å². The van der Waals surface area contributed by atoms with Gasteiger partial charge in [-0.2, -0.15) is 0 Å². The number of carboxylic acid groups (broad SMARTS) is 1. The normalized spacial score (nSPS) is 13.8. The van der Waals surface area contributed by atoms with Crippen LogP contribution in [0.3, 0.4) is 0 Å². The van der Waals surface area contributed by atoms with Gasteiger partial charge in [-0.15, -0.1) is 0 Å². The van der Waals surface area contributed by atoms with E-state index in [0.29, 0.717) is 18.1 Å². The standard InChI is InChI=1S/C22H22ClN3O2/c23-21-19(14-20(27)28)26(15-16-6-2-1-3-7-16)22(24-21)17-8-10-18(11-9-17)25-12-4-5-13-25/h1-3,6-11H,4-5,12-15H2,(H,27,28). The van der Waals surface area contributed by atoms with Crippen molar-refractivity contribution in [2.75, 3.05) is 18.0 Å². The first-order valence-corrected chi connectivity index (χ1v) is 9.85. The Labute approximate surface area is 169 Å². The van der Waals surface area contributed by atoms with Crippen molar-refractivity contribution >= 4 is 23.3 Å². The molecular weight excluding hydrogens is 374 g/mol. The fourth-order valence-electron chi connectivity index (χ4n) is 3.72. The number of imidazole rings is 1. The molecule has 28 heavy (non-hydrogen) atoms. The van der Waals surface area contributed by atoms with Crippen LogP contribution in [-0.2, 0) is 17.8 Å². The lowest BCUT2D eigenvalue weighted by Gasteiger charge is -2.18. The zero-order chi connectivity index (χ0) is 19.5. The SMILES string of the molecule is O=C(O)Cc1c(Cl)nc(-c2ccc(N3CCCC3)cc2)n1Cc1ccccc1. The Morgan fingerprint density at radius 1 is 1.04 bits per heavy atom. The van der Waals surface area contributed by atoms with E-state index in [1.54, 1.807) is 0 Å². The molecule has 1 aromatic heterocycles. The van der Waals surface area contributed by atoms with Gasteiger partial charge in [0.2, 0.25) is 0 Å². The zero-order valence-electron chi connectivity index (χ0n) is 15.5. The summed E-state index contributed by atoms with van der Waals surface area (Å²) in [6.45, 7) is 2.71. The molecule has 1 fully saturated rings. The molecule has 1 N–H and O–H groups in total. The maximum Gasteiger partial charge on any atom is 0.309 e. The maximum absolute atomic E-state index is 11.4. The Bertz CT molecular complexity index is 961. The molecule has 6 heteroatoms. The highest BCUT2D eigenvalue weighted by atomic mass is 35.5. The van der Waals surface area contributed by atoms with Crippen LogP contribution in [0.2, 0.25) is 5.15 Å². The van der Waals surface area contributed by atoms with Crippen LogP contribution in [0.15, 0.2) is 54.6 Å². The van der Waals surface area contributed by atoms with Crippen LogP contribution in [0.5, 0.6) is 0 Å². The van der Waals surface area contributed by atoms with Crippen molar-refractivity contribution in [3.05, 3.63) is 71.0 Å². The fourth-order valence-corrected chi connectivity index (χ4v) is 3.97. The highest BCUT2D eigenvalue weighted by molar-refractivity contribution is 6.30. The summed E-state index contributed by atoms with van der Waals surface area (Å²) in [5, 5.41) is 9.56. The Morgan fingerprint density at radius 2 is 1.71 bits per heavy atom. The fraction of sp³-hybridized carbons (Fsp3) is 0.273. The summed E-state index contributed by atoms with van der Waals surface area (Å²) in [4.78, 5) is 18.2. The molecule has 5 nitrogen and oxygen atoms in total. The first-order chi connectivity index (χ1) is 13.6. The van der Waals surface area contributed by atoms with E-state index < -0.39 is 5.97 Å². The quantitative estimate of drug-likeness (QED) is 0.668. The second-order valence-electron chi connectivity index (χ2n) is 7.06. The molecule has 1 aliphatic heterocycles. The third kappa shape index (κ3) is 3.90. The van der Waals surface area contributed by atoms with Gasteiger partial charge in [0.1, 0.15) is 5.82 Å². The molecule has 0 bridgehead atoms. The second kappa shape index (κ2) is 8.07. The van der Waals surface area contributed by atoms with Crippen molar-refractivity contribution in [2.24, 2.45) is 0 Å². The molecule has 2 heterocycles. The molecule has 1 aliphatic rings. The average molecular weight is 396 g/mol. The molecule has 0 amide bonds. The molecule has 0 saturated carbocycles. The van der Waals surface area contributed by atoms with Gasteiger partial charge >= 0.3 is 5.97 Å². The molecule has 0 unspecified atom stereocenters. The first-order valence-electron chi connectivity index (χ1n) is 9.48. The first kappa shape index (κ1) is 18.6. The van der Waals surface area contributed by atoms with Gasteiger partial charge in [-0.25, -0.2) is 4.98 Å². The van der Waals surface area contributed by atoms with Crippen LogP contribution in [0.1, 0.15) is 24.1 Å². The third-order valence-corrected chi connectivity index (χ3v) is 5.43. The largest absolute Gasteiger partial charge is 0.481 e. The molecule has 0 aliphatic carbocycles. The molecule has 0 spiro atoms. The molecule has 0 atom stereocenters. The van der Waals surface area contributed by atoms with Gasteiger partial charge in [-0.1, -0.05) is 41.9 Å². The minimum absolute atomic E-state index is 0.162. The number of hydrogen-bond donors (Lipinski definition) is 1. The highest BCUT2D eigenvalue weighted by Crippen LogP contribution is 2.29. The van der Waals surface area contributed by atoms with Crippen molar-refractivity contribution in [1.82, 2.24) is 9.55 Å². The summed E-state index contributed by atoms with van der Waals surface area (Å²) in [7, 11) is 0. The van der Waals surface area contributed by atoms with Gasteiger partial charge in [0.25, 0.3) is 0 Å². The van der Waals surface area contributed by atoms with Crippen molar-refractivity contribution in [1.29, 1.82) is 0 Å². The van der Waals surface area contributed by atoms with E-state index in [4.69, 9.17) is 11.6 Å². The third-order valence-electron chi connectivity index (χ3n) is 5.12. The topological polar surface area (TPSA) is 58.4 Å². The van der Waals surface area contributed by atoms with E-state index in [1.165, 1.54) is 18.5 Å². The molecule has 144 valence electrons. The zero-order valence-corrected chi connectivity index (χ0v) is 16.3. The van der Waals surface area contributed by atoms with Crippen LogP contribution < -0.4 is 4.90 Å². The minimum Gasteiger partial charge on any atom is -0.481 e. The van der Waals surface area contributed by atoms with Gasteiger partial charge in [0.15, 0.2) is 5.15 Å². The minimum atomic E-state index is -0.924. The van der Waals surface area contributed by atoms with E-state index >= 15 is 0 Å². The summed E-state index contributed by atoms with van der Waals surface area (Å²) in [6.07, 6.45) is 2.30. The van der Waals surface area contributed by atoms with Crippen LogP contribution in [0, 0.1) is 0 Å². The van der Waals surface area contributed by atoms with Crippen LogP contribution in [0.25, 0.3) is 11.4 Å². The van der Waals surface area contributed by atoms with E-state index in [0.717, 1.165) is 24.2 Å². The second-order valence-corrected chi connectivity index (χ2v) is 7.41. The summed E-state index contributed by atoms with van der Waals surface area (Å²) in [5.41, 5.74) is 3.73. The van der Waals surface area contributed by atoms with E-state index in [1.807, 2.05) is 47.0 Å². The number of carbonyl (C=O) groups is 1. The lowest BCUT2D eigenvalue weighted by Crippen LogP contribution is -2.17. The number of halogens is 1. The summed E-state index contributed by atoms with van der Waals surface area (Å²) >= 11 is 6.34. The number of benzene rings is 2. The van der Waals surface area contributed by atoms with Crippen LogP contribution in [-0.4, -0.2) is 33.7 Å². The number of rotatable bonds is 6. The number of carboxylic acids is 1. The molecule has 4 rings (SSSR count). The molecule has 1 saturated heterocycles. The number of anilines is 1. The van der Waals surface area contributed by atoms with Gasteiger partial charge in [-0.05, 0) is 42.7 Å². The van der Waals surface area contributed by atoms with Crippen LogP contribution in [0.4, 0.5) is 5.69 Å². The Hall–Kier alpha value is -2.79. The number of hydrogen-bond acceptors (Lipinski definition) is 3. The van der Waals surface area contributed by atoms with Crippen molar-refractivity contribution < 1.29 is 9.90 Å². The van der Waals surface area contributed by atoms with Gasteiger partial charge < -0.3 is 14.6 Å². The predicted octanol–water partition coefficient (Wildman–Crippen LogP) is 4.48. The molecule has 3 aromatic rings. The van der Waals surface area contributed by atoms with Gasteiger partial charge in [0.05, 0.1) is 12.1 Å². The molecular formula is C22H22ClN3O2. The van der Waals surface area contributed by atoms with Crippen LogP contribution >= 0.6 is 11.6 Å². The summed E-state index contributed by atoms with van der Waals surface area (Å²) in [5.74, 6) is -0.231. The maximum atomic E-state index is 11.4. The van der Waals surface area contributed by atoms with Crippen molar-refractivity contribution in [2.45, 2.75) is 25.8 Å². The lowest BCUT2D eigenvalue weighted by atomic mass is 10.1. The van der Waals surface area contributed by atoms with Crippen molar-refractivity contribution in [3.63, 3.8) is 0 Å². The van der Waals surface area contributed by atoms with E-state index in [-0.39, 0.29) is 11.6 Å². The number of aliphatic carboxylic acids is 1. The van der Waals surface area contributed by atoms with Crippen molar-refractivity contribution in [3.8, 4) is 11.4 Å².